The lowest BCUT2D eigenvalue weighted by Gasteiger charge is -2.69. The third kappa shape index (κ3) is 1.05. The number of hydrogen-bond acceptors (Lipinski definition) is 3. The van der Waals surface area contributed by atoms with Crippen LogP contribution in [0.1, 0.15) is 24.8 Å². The van der Waals surface area contributed by atoms with Gasteiger partial charge in [-0.1, -0.05) is 12.1 Å². The molecule has 0 unspecified atom stereocenters. The summed E-state index contributed by atoms with van der Waals surface area (Å²) >= 11 is 0. The number of benzene rings is 1. The Kier molecular flexibility index (Phi) is 1.41. The summed E-state index contributed by atoms with van der Waals surface area (Å²) in [4.78, 5) is 10.1. The van der Waals surface area contributed by atoms with Crippen molar-refractivity contribution in [3.63, 3.8) is 0 Å². The van der Waals surface area contributed by atoms with Crippen molar-refractivity contribution in [1.82, 2.24) is 0 Å². The fraction of sp³-hybridized carbons (Fsp3) is 0.455. The van der Waals surface area contributed by atoms with Crippen molar-refractivity contribution in [3.8, 4) is 0 Å². The number of nitro groups is 1. The molecule has 0 amide bonds. The highest BCUT2D eigenvalue weighted by Gasteiger charge is 2.66. The van der Waals surface area contributed by atoms with Crippen LogP contribution in [0.15, 0.2) is 24.3 Å². The predicted molar refractivity (Wildman–Crippen MR) is 55.5 cm³/mol. The Morgan fingerprint density at radius 1 is 1.20 bits per heavy atom. The second-order valence-electron chi connectivity index (χ2n) is 4.98. The van der Waals surface area contributed by atoms with E-state index in [0.717, 1.165) is 19.3 Å². The molecule has 3 fully saturated rings. The van der Waals surface area contributed by atoms with E-state index < -0.39 is 0 Å². The van der Waals surface area contributed by atoms with Crippen LogP contribution in [0.5, 0.6) is 0 Å². The summed E-state index contributed by atoms with van der Waals surface area (Å²) in [6, 6.07) is 6.91. The van der Waals surface area contributed by atoms with Gasteiger partial charge in [0.1, 0.15) is 0 Å². The molecule has 0 saturated heterocycles. The highest BCUT2D eigenvalue weighted by atomic mass is 16.6. The Hall–Kier alpha value is -1.42. The third-order valence-electron chi connectivity index (χ3n) is 3.76. The molecule has 2 N–H and O–H groups in total. The number of nitro benzene ring substituents is 1. The lowest BCUT2D eigenvalue weighted by Crippen LogP contribution is -2.74. The molecular formula is C11H12N2O2. The third-order valence-corrected chi connectivity index (χ3v) is 3.76. The van der Waals surface area contributed by atoms with Crippen molar-refractivity contribution < 1.29 is 4.92 Å². The molecule has 4 nitrogen and oxygen atoms in total. The van der Waals surface area contributed by atoms with Crippen molar-refractivity contribution in [3.05, 3.63) is 39.9 Å². The highest BCUT2D eigenvalue weighted by molar-refractivity contribution is 5.44. The van der Waals surface area contributed by atoms with Gasteiger partial charge in [0.15, 0.2) is 0 Å². The second-order valence-corrected chi connectivity index (χ2v) is 4.98. The van der Waals surface area contributed by atoms with Gasteiger partial charge in [-0.25, -0.2) is 0 Å². The Labute approximate surface area is 87.2 Å². The molecule has 15 heavy (non-hydrogen) atoms. The van der Waals surface area contributed by atoms with Crippen LogP contribution in [0.4, 0.5) is 5.69 Å². The molecule has 2 bridgehead atoms. The molecule has 1 aromatic carbocycles. The van der Waals surface area contributed by atoms with E-state index in [2.05, 4.69) is 0 Å². The van der Waals surface area contributed by atoms with Gasteiger partial charge < -0.3 is 5.73 Å². The molecule has 0 atom stereocenters. The minimum absolute atomic E-state index is 0.0851. The van der Waals surface area contributed by atoms with Crippen LogP contribution in [0.3, 0.4) is 0 Å². The van der Waals surface area contributed by atoms with E-state index in [1.54, 1.807) is 12.1 Å². The average Bonchev–Trinajstić information content (AvgIpc) is 2.12. The van der Waals surface area contributed by atoms with Crippen LogP contribution in [0, 0.1) is 10.1 Å². The normalized spacial score (nSPS) is 36.6. The molecule has 4 rings (SSSR count). The quantitative estimate of drug-likeness (QED) is 0.589. The molecule has 3 saturated carbocycles. The lowest BCUT2D eigenvalue weighted by atomic mass is 9.38. The standard InChI is InChI=1S/C11H12N2O2/c12-11-5-10(6-11,7-11)8-1-3-9(4-2-8)13(14)15/h1-4H,5-7,12H2. The van der Waals surface area contributed by atoms with E-state index in [1.807, 2.05) is 12.1 Å². The summed E-state index contributed by atoms with van der Waals surface area (Å²) in [5.74, 6) is 0. The molecule has 0 radical (unpaired) electrons. The monoisotopic (exact) mass is 204 g/mol. The van der Waals surface area contributed by atoms with Gasteiger partial charge >= 0.3 is 0 Å². The maximum Gasteiger partial charge on any atom is 0.269 e. The van der Waals surface area contributed by atoms with E-state index in [0.29, 0.717) is 0 Å². The van der Waals surface area contributed by atoms with Crippen LogP contribution < -0.4 is 5.73 Å². The summed E-state index contributed by atoms with van der Waals surface area (Å²) in [7, 11) is 0. The van der Waals surface area contributed by atoms with Crippen LogP contribution >= 0.6 is 0 Å². The number of hydrogen-bond donors (Lipinski definition) is 1. The van der Waals surface area contributed by atoms with Gasteiger partial charge in [0.2, 0.25) is 0 Å². The summed E-state index contributed by atoms with van der Waals surface area (Å²) in [6.45, 7) is 0. The maximum atomic E-state index is 10.5. The lowest BCUT2D eigenvalue weighted by molar-refractivity contribution is -0.384. The van der Waals surface area contributed by atoms with Crippen molar-refractivity contribution in [2.24, 2.45) is 5.73 Å². The SMILES string of the molecule is NC12CC(c3ccc([N+](=O)[O-])cc3)(C1)C2. The zero-order valence-electron chi connectivity index (χ0n) is 8.27. The van der Waals surface area contributed by atoms with Gasteiger partial charge in [0.25, 0.3) is 5.69 Å². The van der Waals surface area contributed by atoms with E-state index in [1.165, 1.54) is 5.56 Å². The molecular weight excluding hydrogens is 192 g/mol. The van der Waals surface area contributed by atoms with Gasteiger partial charge in [-0.05, 0) is 24.8 Å². The Morgan fingerprint density at radius 2 is 1.73 bits per heavy atom. The topological polar surface area (TPSA) is 69.2 Å². The first kappa shape index (κ1) is 8.85. The molecule has 78 valence electrons. The van der Waals surface area contributed by atoms with Crippen LogP contribution in [-0.4, -0.2) is 10.5 Å². The predicted octanol–water partition coefficient (Wildman–Crippen LogP) is 1.73. The van der Waals surface area contributed by atoms with Crippen molar-refractivity contribution >= 4 is 5.69 Å². The second kappa shape index (κ2) is 2.39. The van der Waals surface area contributed by atoms with E-state index in [-0.39, 0.29) is 21.6 Å². The molecule has 0 aromatic heterocycles. The van der Waals surface area contributed by atoms with Gasteiger partial charge in [0.05, 0.1) is 4.92 Å². The number of rotatable bonds is 2. The molecule has 1 aromatic rings. The highest BCUT2D eigenvalue weighted by Crippen LogP contribution is 2.66. The molecule has 0 aliphatic heterocycles. The zero-order chi connectivity index (χ0) is 10.7. The van der Waals surface area contributed by atoms with Crippen molar-refractivity contribution in [2.75, 3.05) is 0 Å². The van der Waals surface area contributed by atoms with Crippen molar-refractivity contribution in [2.45, 2.75) is 30.2 Å². The minimum atomic E-state index is -0.365. The van der Waals surface area contributed by atoms with E-state index in [4.69, 9.17) is 5.73 Å². The fourth-order valence-corrected chi connectivity index (χ4v) is 3.11. The van der Waals surface area contributed by atoms with E-state index >= 15 is 0 Å². The van der Waals surface area contributed by atoms with E-state index in [9.17, 15) is 10.1 Å². The zero-order valence-corrected chi connectivity index (χ0v) is 8.27. The summed E-state index contributed by atoms with van der Waals surface area (Å²) in [5.41, 5.74) is 7.69. The average molecular weight is 204 g/mol. The molecule has 3 aliphatic rings. The molecule has 4 heteroatoms. The molecule has 0 heterocycles. The first-order valence-corrected chi connectivity index (χ1v) is 5.07. The number of non-ortho nitro benzene ring substituents is 1. The van der Waals surface area contributed by atoms with Crippen molar-refractivity contribution in [1.29, 1.82) is 0 Å². The molecule has 0 spiro atoms. The number of nitrogens with two attached hydrogens (primary N) is 1. The van der Waals surface area contributed by atoms with Crippen LogP contribution in [-0.2, 0) is 5.41 Å². The fourth-order valence-electron chi connectivity index (χ4n) is 3.11. The summed E-state index contributed by atoms with van der Waals surface area (Å²) in [5, 5.41) is 10.5. The largest absolute Gasteiger partial charge is 0.325 e. The van der Waals surface area contributed by atoms with Gasteiger partial charge in [-0.15, -0.1) is 0 Å². The minimum Gasteiger partial charge on any atom is -0.325 e. The Morgan fingerprint density at radius 3 is 2.13 bits per heavy atom. The Balaban J connectivity index is 1.86. The van der Waals surface area contributed by atoms with Crippen LogP contribution in [0.2, 0.25) is 0 Å². The first-order chi connectivity index (χ1) is 7.03. The number of nitrogens with zero attached hydrogens (tertiary/aromatic N) is 1. The van der Waals surface area contributed by atoms with Crippen LogP contribution in [0.25, 0.3) is 0 Å². The maximum absolute atomic E-state index is 10.5. The van der Waals surface area contributed by atoms with Gasteiger partial charge in [-0.3, -0.25) is 10.1 Å². The van der Waals surface area contributed by atoms with Gasteiger partial charge in [-0.2, -0.15) is 0 Å². The first-order valence-electron chi connectivity index (χ1n) is 5.07. The summed E-state index contributed by atoms with van der Waals surface area (Å²) < 4.78 is 0. The Bertz CT molecular complexity index is 419. The summed E-state index contributed by atoms with van der Waals surface area (Å²) in [6.07, 6.45) is 3.12. The molecule has 3 aliphatic carbocycles. The smallest absolute Gasteiger partial charge is 0.269 e. The van der Waals surface area contributed by atoms with Gasteiger partial charge in [0, 0.05) is 23.1 Å².